The maximum Gasteiger partial charge on any atom is 0.236 e. The summed E-state index contributed by atoms with van der Waals surface area (Å²) in [6, 6.07) is 6.93. The van der Waals surface area contributed by atoms with E-state index in [4.69, 9.17) is 16.6 Å². The molecule has 186 valence electrons. The predicted octanol–water partition coefficient (Wildman–Crippen LogP) is 3.19. The predicted molar refractivity (Wildman–Crippen MR) is 140 cm³/mol. The van der Waals surface area contributed by atoms with Crippen LogP contribution in [0.25, 0.3) is 27.8 Å². The van der Waals surface area contributed by atoms with Crippen LogP contribution in [0.2, 0.25) is 5.02 Å². The van der Waals surface area contributed by atoms with Crippen LogP contribution < -0.4 is 4.90 Å². The Kier molecular flexibility index (Phi) is 5.69. The standard InChI is InChI=1S/C26H29ClN8O/c1-31(2)16-25(36)33-14-20-5-6-21(15-33)35(20)24-7-4-17(9-28-24)22-8-18(19-10-29-32(3)12-19)13-34-26(22)23(27)11-30-34/h4,7-13,20-21H,5-6,14-16H2,1-3H3. The zero-order valence-electron chi connectivity index (χ0n) is 20.7. The number of likely N-dealkylation sites (N-methyl/N-ethyl adjacent to an activating group) is 1. The largest absolute Gasteiger partial charge is 0.347 e. The lowest BCUT2D eigenvalue weighted by molar-refractivity contribution is -0.132. The Balaban J connectivity index is 1.30. The molecular weight excluding hydrogens is 476 g/mol. The zero-order valence-corrected chi connectivity index (χ0v) is 21.4. The summed E-state index contributed by atoms with van der Waals surface area (Å²) < 4.78 is 3.60. The second-order valence-electron chi connectivity index (χ2n) is 10.1. The molecule has 2 aliphatic rings. The fourth-order valence-electron chi connectivity index (χ4n) is 5.58. The smallest absolute Gasteiger partial charge is 0.236 e. The SMILES string of the molecule is CN(C)CC(=O)N1CC2CCC(C1)N2c1ccc(-c2cc(-c3cnn(C)c3)cn3ncc(Cl)c23)cn1. The van der Waals surface area contributed by atoms with Gasteiger partial charge in [0.15, 0.2) is 0 Å². The molecule has 2 unspecified atom stereocenters. The van der Waals surface area contributed by atoms with Crippen LogP contribution >= 0.6 is 11.6 Å². The number of hydrogen-bond donors (Lipinski definition) is 0. The summed E-state index contributed by atoms with van der Waals surface area (Å²) in [6.45, 7) is 1.97. The highest BCUT2D eigenvalue weighted by atomic mass is 35.5. The third-order valence-electron chi connectivity index (χ3n) is 7.22. The zero-order chi connectivity index (χ0) is 25.0. The van der Waals surface area contributed by atoms with Crippen molar-refractivity contribution in [3.63, 3.8) is 0 Å². The summed E-state index contributed by atoms with van der Waals surface area (Å²) in [5.41, 5.74) is 4.82. The molecule has 4 aromatic heterocycles. The van der Waals surface area contributed by atoms with Crippen LogP contribution in [0.5, 0.6) is 0 Å². The average Bonchev–Trinajstić information content (AvgIpc) is 3.53. The van der Waals surface area contributed by atoms with Crippen molar-refractivity contribution in [3.05, 3.63) is 54.2 Å². The molecule has 2 bridgehead atoms. The summed E-state index contributed by atoms with van der Waals surface area (Å²) in [4.78, 5) is 23.9. The van der Waals surface area contributed by atoms with Gasteiger partial charge >= 0.3 is 0 Å². The first kappa shape index (κ1) is 23.0. The quantitative estimate of drug-likeness (QED) is 0.415. The molecule has 2 fully saturated rings. The minimum Gasteiger partial charge on any atom is -0.347 e. The number of carbonyl (C=O) groups is 1. The van der Waals surface area contributed by atoms with Crippen LogP contribution in [0.4, 0.5) is 5.82 Å². The number of carbonyl (C=O) groups excluding carboxylic acids is 1. The van der Waals surface area contributed by atoms with Gasteiger partial charge in [-0.05, 0) is 45.1 Å². The lowest BCUT2D eigenvalue weighted by Gasteiger charge is -2.42. The molecule has 0 aliphatic carbocycles. The van der Waals surface area contributed by atoms with Gasteiger partial charge in [-0.2, -0.15) is 10.2 Å². The maximum atomic E-state index is 12.6. The Morgan fingerprint density at radius 2 is 1.81 bits per heavy atom. The van der Waals surface area contributed by atoms with Crippen molar-refractivity contribution in [2.24, 2.45) is 7.05 Å². The fraction of sp³-hybridized carbons (Fsp3) is 0.385. The third-order valence-corrected chi connectivity index (χ3v) is 7.49. The van der Waals surface area contributed by atoms with E-state index >= 15 is 0 Å². The third kappa shape index (κ3) is 4.02. The van der Waals surface area contributed by atoms with Crippen molar-refractivity contribution < 1.29 is 4.79 Å². The van der Waals surface area contributed by atoms with E-state index in [2.05, 4.69) is 33.3 Å². The molecule has 2 atom stereocenters. The Morgan fingerprint density at radius 3 is 2.44 bits per heavy atom. The van der Waals surface area contributed by atoms with Crippen molar-refractivity contribution in [3.8, 4) is 22.3 Å². The van der Waals surface area contributed by atoms with Crippen molar-refractivity contribution in [2.75, 3.05) is 38.6 Å². The van der Waals surface area contributed by atoms with E-state index in [-0.39, 0.29) is 5.91 Å². The van der Waals surface area contributed by atoms with Gasteiger partial charge in [-0.3, -0.25) is 9.48 Å². The molecule has 0 radical (unpaired) electrons. The van der Waals surface area contributed by atoms with Gasteiger partial charge < -0.3 is 14.7 Å². The highest BCUT2D eigenvalue weighted by Crippen LogP contribution is 2.37. The molecule has 0 aromatic carbocycles. The van der Waals surface area contributed by atoms with E-state index in [0.29, 0.717) is 23.7 Å². The van der Waals surface area contributed by atoms with Crippen molar-refractivity contribution in [1.82, 2.24) is 34.2 Å². The second-order valence-corrected chi connectivity index (χ2v) is 10.5. The van der Waals surface area contributed by atoms with Gasteiger partial charge in [0.05, 0.1) is 29.5 Å². The van der Waals surface area contributed by atoms with E-state index in [1.54, 1.807) is 10.9 Å². The summed E-state index contributed by atoms with van der Waals surface area (Å²) in [5.74, 6) is 1.17. The van der Waals surface area contributed by atoms with Crippen molar-refractivity contribution >= 4 is 28.8 Å². The first-order valence-corrected chi connectivity index (χ1v) is 12.6. The normalized spacial score (nSPS) is 19.6. The molecule has 1 amide bonds. The van der Waals surface area contributed by atoms with E-state index in [0.717, 1.165) is 59.5 Å². The van der Waals surface area contributed by atoms with E-state index in [1.165, 1.54) is 0 Å². The van der Waals surface area contributed by atoms with Crippen LogP contribution in [0, 0.1) is 0 Å². The Labute approximate surface area is 214 Å². The number of nitrogens with zero attached hydrogens (tertiary/aromatic N) is 8. The number of amides is 1. The van der Waals surface area contributed by atoms with Gasteiger partial charge in [0.2, 0.25) is 5.91 Å². The van der Waals surface area contributed by atoms with Gasteiger partial charge in [-0.15, -0.1) is 0 Å². The topological polar surface area (TPSA) is 74.8 Å². The number of fused-ring (bicyclic) bond motifs is 3. The lowest BCUT2D eigenvalue weighted by Crippen LogP contribution is -2.56. The van der Waals surface area contributed by atoms with Crippen LogP contribution in [0.1, 0.15) is 12.8 Å². The minimum absolute atomic E-state index is 0.204. The van der Waals surface area contributed by atoms with Gasteiger partial charge in [0, 0.05) is 73.1 Å². The highest BCUT2D eigenvalue weighted by Gasteiger charge is 2.41. The summed E-state index contributed by atoms with van der Waals surface area (Å²) in [7, 11) is 5.78. The van der Waals surface area contributed by atoms with Crippen LogP contribution in [0.3, 0.4) is 0 Å². The van der Waals surface area contributed by atoms with Gasteiger partial charge in [-0.1, -0.05) is 11.6 Å². The van der Waals surface area contributed by atoms with Gasteiger partial charge in [-0.25, -0.2) is 9.50 Å². The number of piperazine rings is 1. The minimum atomic E-state index is 0.204. The molecule has 10 heteroatoms. The molecule has 2 saturated heterocycles. The Bertz CT molecular complexity index is 1410. The first-order valence-electron chi connectivity index (χ1n) is 12.2. The molecule has 9 nitrogen and oxygen atoms in total. The monoisotopic (exact) mass is 504 g/mol. The molecule has 0 saturated carbocycles. The number of aryl methyl sites for hydroxylation is 1. The van der Waals surface area contributed by atoms with Crippen molar-refractivity contribution in [2.45, 2.75) is 24.9 Å². The van der Waals surface area contributed by atoms with Crippen LogP contribution in [0.15, 0.2) is 49.2 Å². The summed E-state index contributed by atoms with van der Waals surface area (Å²) >= 11 is 6.54. The maximum absolute atomic E-state index is 12.6. The molecule has 0 N–H and O–H groups in total. The van der Waals surface area contributed by atoms with Crippen LogP contribution in [-0.2, 0) is 11.8 Å². The van der Waals surface area contributed by atoms with Gasteiger partial charge in [0.1, 0.15) is 5.82 Å². The second kappa shape index (κ2) is 8.90. The number of hydrogen-bond acceptors (Lipinski definition) is 6. The highest BCUT2D eigenvalue weighted by molar-refractivity contribution is 6.34. The number of pyridine rings is 2. The summed E-state index contributed by atoms with van der Waals surface area (Å²) in [6.07, 6.45) is 11.6. The molecule has 4 aromatic rings. The van der Waals surface area contributed by atoms with E-state index in [9.17, 15) is 4.79 Å². The lowest BCUT2D eigenvalue weighted by atomic mass is 10.0. The number of likely N-dealkylation sites (tertiary alicyclic amines) is 1. The van der Waals surface area contributed by atoms with E-state index < -0.39 is 0 Å². The number of halogens is 1. The van der Waals surface area contributed by atoms with Crippen LogP contribution in [-0.4, -0.2) is 85.9 Å². The molecule has 6 heterocycles. The molecular formula is C26H29ClN8O. The average molecular weight is 505 g/mol. The number of anilines is 1. The fourth-order valence-corrected chi connectivity index (χ4v) is 5.81. The Hall–Kier alpha value is -3.43. The molecule has 6 rings (SSSR count). The molecule has 36 heavy (non-hydrogen) atoms. The van der Waals surface area contributed by atoms with Crippen molar-refractivity contribution in [1.29, 1.82) is 0 Å². The number of aromatic nitrogens is 5. The number of rotatable bonds is 5. The van der Waals surface area contributed by atoms with Gasteiger partial charge in [0.25, 0.3) is 0 Å². The Morgan fingerprint density at radius 1 is 1.03 bits per heavy atom. The summed E-state index contributed by atoms with van der Waals surface area (Å²) in [5, 5.41) is 9.36. The van der Waals surface area contributed by atoms with E-state index in [1.807, 2.05) is 60.2 Å². The first-order chi connectivity index (χ1) is 17.4. The molecule has 0 spiro atoms. The molecule has 2 aliphatic heterocycles.